The highest BCUT2D eigenvalue weighted by atomic mass is 32.2. The molecule has 1 amide bonds. The van der Waals surface area contributed by atoms with Gasteiger partial charge in [0.15, 0.2) is 0 Å². The van der Waals surface area contributed by atoms with Crippen LogP contribution in [0.4, 0.5) is 15.8 Å². The van der Waals surface area contributed by atoms with Gasteiger partial charge in [-0.05, 0) is 66.2 Å². The maximum Gasteiger partial charge on any atom is 0.261 e. The summed E-state index contributed by atoms with van der Waals surface area (Å²) < 4.78 is 45.8. The van der Waals surface area contributed by atoms with Crippen LogP contribution in [0, 0.1) is 5.82 Å². The van der Waals surface area contributed by atoms with Gasteiger partial charge in [-0.3, -0.25) is 9.52 Å². The topological polar surface area (TPSA) is 87.7 Å². The molecule has 0 bridgehead atoms. The Hall–Kier alpha value is -3.43. The maximum absolute atomic E-state index is 13.0. The molecule has 0 atom stereocenters. The Morgan fingerprint density at radius 2 is 1.55 bits per heavy atom. The van der Waals surface area contributed by atoms with Gasteiger partial charge in [0.2, 0.25) is 0 Å². The lowest BCUT2D eigenvalue weighted by Gasteiger charge is -2.28. The lowest BCUT2D eigenvalue weighted by molar-refractivity contribution is 0.0950. The number of halogens is 1. The van der Waals surface area contributed by atoms with Gasteiger partial charge in [-0.25, -0.2) is 12.8 Å². The third kappa shape index (κ3) is 5.88. The van der Waals surface area contributed by atoms with Crippen molar-refractivity contribution in [3.8, 4) is 0 Å². The molecule has 172 valence electrons. The average molecular weight is 470 g/mol. The van der Waals surface area contributed by atoms with E-state index in [2.05, 4.69) is 14.9 Å². The van der Waals surface area contributed by atoms with Gasteiger partial charge in [0.05, 0.1) is 18.1 Å². The van der Waals surface area contributed by atoms with Crippen LogP contribution in [-0.2, 0) is 21.3 Å². The van der Waals surface area contributed by atoms with Gasteiger partial charge < -0.3 is 15.0 Å². The second-order valence-corrected chi connectivity index (χ2v) is 9.27. The predicted octanol–water partition coefficient (Wildman–Crippen LogP) is 3.39. The molecule has 0 radical (unpaired) electrons. The number of hydrogen-bond acceptors (Lipinski definition) is 5. The van der Waals surface area contributed by atoms with Gasteiger partial charge in [0.1, 0.15) is 5.82 Å². The van der Waals surface area contributed by atoms with Crippen LogP contribution in [0.25, 0.3) is 0 Å². The summed E-state index contributed by atoms with van der Waals surface area (Å²) in [5, 5.41) is 2.84. The number of carbonyl (C=O) groups is 1. The highest BCUT2D eigenvalue weighted by molar-refractivity contribution is 7.92. The summed E-state index contributed by atoms with van der Waals surface area (Å²) in [4.78, 5) is 14.7. The van der Waals surface area contributed by atoms with Crippen LogP contribution >= 0.6 is 0 Å². The molecule has 1 heterocycles. The van der Waals surface area contributed by atoms with E-state index in [1.807, 2.05) is 24.3 Å². The zero-order valence-corrected chi connectivity index (χ0v) is 18.6. The first-order valence-corrected chi connectivity index (χ1v) is 12.0. The molecule has 0 aromatic heterocycles. The molecule has 1 fully saturated rings. The van der Waals surface area contributed by atoms with Crippen molar-refractivity contribution >= 4 is 27.3 Å². The Bertz CT molecular complexity index is 1190. The SMILES string of the molecule is O=C(NCc1ccc(N2CCOCC2)cc1)c1ccc(S(=O)(=O)Nc2ccc(F)cc2)cc1. The van der Waals surface area contributed by atoms with Crippen LogP contribution in [0.15, 0.2) is 77.7 Å². The van der Waals surface area contributed by atoms with Gasteiger partial charge in [-0.1, -0.05) is 12.1 Å². The smallest absolute Gasteiger partial charge is 0.261 e. The molecule has 0 saturated carbocycles. The number of amides is 1. The van der Waals surface area contributed by atoms with E-state index in [1.165, 1.54) is 48.5 Å². The van der Waals surface area contributed by atoms with Gasteiger partial charge in [-0.2, -0.15) is 0 Å². The predicted molar refractivity (Wildman–Crippen MR) is 124 cm³/mol. The Morgan fingerprint density at radius 3 is 2.18 bits per heavy atom. The largest absolute Gasteiger partial charge is 0.378 e. The minimum atomic E-state index is -3.85. The number of nitrogens with one attached hydrogen (secondary N) is 2. The highest BCUT2D eigenvalue weighted by Gasteiger charge is 2.16. The van der Waals surface area contributed by atoms with Crippen LogP contribution in [0.2, 0.25) is 0 Å². The summed E-state index contributed by atoms with van der Waals surface area (Å²) in [7, 11) is -3.85. The summed E-state index contributed by atoms with van der Waals surface area (Å²) >= 11 is 0. The van der Waals surface area contributed by atoms with Crippen molar-refractivity contribution in [3.05, 3.63) is 89.7 Å². The molecule has 33 heavy (non-hydrogen) atoms. The number of nitrogens with zero attached hydrogens (tertiary/aromatic N) is 1. The van der Waals surface area contributed by atoms with Crippen LogP contribution in [0.5, 0.6) is 0 Å². The van der Waals surface area contributed by atoms with Crippen molar-refractivity contribution in [3.63, 3.8) is 0 Å². The van der Waals surface area contributed by atoms with Crippen LogP contribution < -0.4 is 14.9 Å². The van der Waals surface area contributed by atoms with E-state index in [4.69, 9.17) is 4.74 Å². The van der Waals surface area contributed by atoms with Crippen LogP contribution in [-0.4, -0.2) is 40.6 Å². The number of rotatable bonds is 7. The first kappa shape index (κ1) is 22.8. The molecule has 0 aliphatic carbocycles. The number of sulfonamides is 1. The molecule has 1 saturated heterocycles. The summed E-state index contributed by atoms with van der Waals surface area (Å²) in [5.41, 5.74) is 2.68. The van der Waals surface area contributed by atoms with E-state index < -0.39 is 15.8 Å². The fraction of sp³-hybridized carbons (Fsp3) is 0.208. The minimum Gasteiger partial charge on any atom is -0.378 e. The third-order valence-electron chi connectivity index (χ3n) is 5.29. The number of benzene rings is 3. The quantitative estimate of drug-likeness (QED) is 0.554. The number of ether oxygens (including phenoxy) is 1. The zero-order chi connectivity index (χ0) is 23.3. The number of anilines is 2. The molecule has 4 rings (SSSR count). The van der Waals surface area contributed by atoms with Gasteiger partial charge in [0.25, 0.3) is 15.9 Å². The summed E-state index contributed by atoms with van der Waals surface area (Å²) in [5.74, 6) is -0.760. The molecule has 3 aromatic carbocycles. The molecule has 1 aliphatic rings. The summed E-state index contributed by atoms with van der Waals surface area (Å²) in [6, 6.07) is 18.6. The summed E-state index contributed by atoms with van der Waals surface area (Å²) in [6.45, 7) is 3.53. The van der Waals surface area contributed by atoms with E-state index in [0.29, 0.717) is 12.1 Å². The normalized spacial score (nSPS) is 14.0. The monoisotopic (exact) mass is 469 g/mol. The lowest BCUT2D eigenvalue weighted by Crippen LogP contribution is -2.36. The van der Waals surface area contributed by atoms with Gasteiger partial charge in [-0.15, -0.1) is 0 Å². The Labute approximate surface area is 192 Å². The third-order valence-corrected chi connectivity index (χ3v) is 6.69. The first-order chi connectivity index (χ1) is 15.9. The van der Waals surface area contributed by atoms with Crippen molar-refractivity contribution in [1.29, 1.82) is 0 Å². The Morgan fingerprint density at radius 1 is 0.909 bits per heavy atom. The average Bonchev–Trinajstić information content (AvgIpc) is 2.85. The molecule has 9 heteroatoms. The maximum atomic E-state index is 13.0. The van der Waals surface area contributed by atoms with Crippen molar-refractivity contribution in [1.82, 2.24) is 5.32 Å². The van der Waals surface area contributed by atoms with Crippen molar-refractivity contribution in [2.45, 2.75) is 11.4 Å². The van der Waals surface area contributed by atoms with E-state index in [0.717, 1.165) is 37.6 Å². The van der Waals surface area contributed by atoms with Crippen molar-refractivity contribution in [2.75, 3.05) is 35.9 Å². The Kier molecular flexibility index (Phi) is 6.90. The molecule has 1 aliphatic heterocycles. The zero-order valence-electron chi connectivity index (χ0n) is 17.8. The first-order valence-electron chi connectivity index (χ1n) is 10.5. The van der Waals surface area contributed by atoms with Crippen molar-refractivity contribution < 1.29 is 22.3 Å². The van der Waals surface area contributed by atoms with Gasteiger partial charge in [0, 0.05) is 36.6 Å². The second kappa shape index (κ2) is 10.0. The van der Waals surface area contributed by atoms with E-state index in [1.54, 1.807) is 0 Å². The van der Waals surface area contributed by atoms with E-state index in [9.17, 15) is 17.6 Å². The fourth-order valence-corrected chi connectivity index (χ4v) is 4.51. The highest BCUT2D eigenvalue weighted by Crippen LogP contribution is 2.18. The molecule has 7 nitrogen and oxygen atoms in total. The second-order valence-electron chi connectivity index (χ2n) is 7.59. The number of hydrogen-bond donors (Lipinski definition) is 2. The lowest BCUT2D eigenvalue weighted by atomic mass is 10.1. The number of morpholine rings is 1. The number of carbonyl (C=O) groups excluding carboxylic acids is 1. The van der Waals surface area contributed by atoms with Crippen LogP contribution in [0.3, 0.4) is 0 Å². The molecular weight excluding hydrogens is 445 g/mol. The molecule has 2 N–H and O–H groups in total. The molecule has 0 spiro atoms. The molecule has 0 unspecified atom stereocenters. The van der Waals surface area contributed by atoms with E-state index in [-0.39, 0.29) is 16.5 Å². The van der Waals surface area contributed by atoms with Gasteiger partial charge >= 0.3 is 0 Å². The van der Waals surface area contributed by atoms with E-state index >= 15 is 0 Å². The van der Waals surface area contributed by atoms with Crippen LogP contribution in [0.1, 0.15) is 15.9 Å². The minimum absolute atomic E-state index is 0.00192. The molecular formula is C24H24FN3O4S. The molecule has 3 aromatic rings. The van der Waals surface area contributed by atoms with Crippen molar-refractivity contribution in [2.24, 2.45) is 0 Å². The standard InChI is InChI=1S/C24H24FN3O4S/c25-20-5-7-21(8-6-20)27-33(30,31)23-11-3-19(4-12-23)24(29)26-17-18-1-9-22(10-2-18)28-13-15-32-16-14-28/h1-12,27H,13-17H2,(H,26,29). The Balaban J connectivity index is 1.33. The summed E-state index contributed by atoms with van der Waals surface area (Å²) in [6.07, 6.45) is 0. The fourth-order valence-electron chi connectivity index (χ4n) is 3.45.